The molecule has 3 heterocycles. The third-order valence-corrected chi connectivity index (χ3v) is 4.65. The molecule has 5 nitrogen and oxygen atoms in total. The van der Waals surface area contributed by atoms with E-state index < -0.39 is 0 Å². The second-order valence-corrected chi connectivity index (χ2v) is 6.26. The van der Waals surface area contributed by atoms with Crippen molar-refractivity contribution in [1.82, 2.24) is 19.4 Å². The summed E-state index contributed by atoms with van der Waals surface area (Å²) in [6.07, 6.45) is 1.94. The van der Waals surface area contributed by atoms with Crippen molar-refractivity contribution in [3.8, 4) is 0 Å². The summed E-state index contributed by atoms with van der Waals surface area (Å²) in [6, 6.07) is 0.316. The molecule has 20 heavy (non-hydrogen) atoms. The summed E-state index contributed by atoms with van der Waals surface area (Å²) in [7, 11) is 1.73. The number of nitrogens with zero attached hydrogens (tertiary/aromatic N) is 4. The molecule has 2 aromatic rings. The van der Waals surface area contributed by atoms with Crippen LogP contribution < -0.4 is 0 Å². The number of hydrogen-bond donors (Lipinski definition) is 0. The molecule has 0 radical (unpaired) electrons. The first-order valence-electron chi connectivity index (χ1n) is 6.87. The summed E-state index contributed by atoms with van der Waals surface area (Å²) < 4.78 is 7.52. The molecule has 0 unspecified atom stereocenters. The van der Waals surface area contributed by atoms with Crippen LogP contribution in [0.3, 0.4) is 0 Å². The van der Waals surface area contributed by atoms with E-state index >= 15 is 0 Å². The Morgan fingerprint density at radius 2 is 2.30 bits per heavy atom. The van der Waals surface area contributed by atoms with E-state index in [1.165, 1.54) is 5.69 Å². The van der Waals surface area contributed by atoms with E-state index in [0.29, 0.717) is 12.6 Å². The molecular formula is C14H20N4OS. The molecule has 0 saturated carbocycles. The Balaban J connectivity index is 1.77. The number of thiazole rings is 1. The molecule has 1 atom stereocenters. The predicted molar refractivity (Wildman–Crippen MR) is 78.6 cm³/mol. The first-order chi connectivity index (χ1) is 9.69. The molecule has 0 bridgehead atoms. The number of ether oxygens (including phenoxy) is 1. The van der Waals surface area contributed by atoms with Crippen molar-refractivity contribution >= 4 is 11.3 Å². The van der Waals surface area contributed by atoms with Crippen LogP contribution in [-0.2, 0) is 24.4 Å². The highest BCUT2D eigenvalue weighted by molar-refractivity contribution is 7.09. The van der Waals surface area contributed by atoms with Gasteiger partial charge in [-0.25, -0.2) is 9.97 Å². The fourth-order valence-electron chi connectivity index (χ4n) is 2.77. The van der Waals surface area contributed by atoms with Crippen LogP contribution in [-0.4, -0.2) is 33.1 Å². The lowest BCUT2D eigenvalue weighted by atomic mass is 10.2. The van der Waals surface area contributed by atoms with E-state index in [2.05, 4.69) is 38.7 Å². The molecule has 0 aromatic carbocycles. The molecule has 0 fully saturated rings. The summed E-state index contributed by atoms with van der Waals surface area (Å²) in [5.74, 6) is 1.13. The highest BCUT2D eigenvalue weighted by Crippen LogP contribution is 2.27. The molecule has 1 aliphatic heterocycles. The van der Waals surface area contributed by atoms with Crippen molar-refractivity contribution in [3.63, 3.8) is 0 Å². The van der Waals surface area contributed by atoms with Gasteiger partial charge in [-0.3, -0.25) is 4.90 Å². The summed E-state index contributed by atoms with van der Waals surface area (Å²) >= 11 is 1.72. The number of imidazole rings is 1. The van der Waals surface area contributed by atoms with Gasteiger partial charge in [0.25, 0.3) is 0 Å². The number of methoxy groups -OCH3 is 1. The van der Waals surface area contributed by atoms with Gasteiger partial charge in [-0.15, -0.1) is 11.3 Å². The standard InChI is InChI=1S/C14H20N4OS/c1-10-14-15-6-13(8-19-3)18(14)5-4-17(10)7-12-9-20-11(2)16-12/h6,9-10H,4-5,7-8H2,1-3H3/t10-/m0/s1. The molecular weight excluding hydrogens is 272 g/mol. The van der Waals surface area contributed by atoms with E-state index in [0.717, 1.165) is 36.2 Å². The van der Waals surface area contributed by atoms with Crippen molar-refractivity contribution in [2.24, 2.45) is 0 Å². The van der Waals surface area contributed by atoms with Crippen LogP contribution in [0.25, 0.3) is 0 Å². The maximum Gasteiger partial charge on any atom is 0.126 e. The van der Waals surface area contributed by atoms with Crippen LogP contribution in [0.5, 0.6) is 0 Å². The van der Waals surface area contributed by atoms with Crippen LogP contribution in [0.4, 0.5) is 0 Å². The van der Waals surface area contributed by atoms with Crippen LogP contribution >= 0.6 is 11.3 Å². The lowest BCUT2D eigenvalue weighted by Gasteiger charge is -2.33. The highest BCUT2D eigenvalue weighted by Gasteiger charge is 2.27. The zero-order valence-corrected chi connectivity index (χ0v) is 13.0. The van der Waals surface area contributed by atoms with Gasteiger partial charge in [0.05, 0.1) is 35.2 Å². The molecule has 0 spiro atoms. The van der Waals surface area contributed by atoms with Gasteiger partial charge in [0.15, 0.2) is 0 Å². The molecule has 108 valence electrons. The molecule has 6 heteroatoms. The topological polar surface area (TPSA) is 43.2 Å². The molecule has 0 N–H and O–H groups in total. The van der Waals surface area contributed by atoms with Crippen molar-refractivity contribution < 1.29 is 4.74 Å². The summed E-state index contributed by atoms with van der Waals surface area (Å²) in [6.45, 7) is 7.80. The van der Waals surface area contributed by atoms with Crippen LogP contribution in [0.1, 0.15) is 35.2 Å². The van der Waals surface area contributed by atoms with Gasteiger partial charge in [-0.2, -0.15) is 0 Å². The van der Waals surface area contributed by atoms with E-state index in [9.17, 15) is 0 Å². The third kappa shape index (κ3) is 2.51. The Labute approximate surface area is 123 Å². The predicted octanol–water partition coefficient (Wildman–Crippen LogP) is 2.37. The largest absolute Gasteiger partial charge is 0.378 e. The SMILES string of the molecule is COCc1cnc2n1CCN(Cc1csc(C)n1)[C@H]2C. The van der Waals surface area contributed by atoms with Crippen LogP contribution in [0.2, 0.25) is 0 Å². The number of rotatable bonds is 4. The molecule has 0 amide bonds. The molecule has 1 aliphatic rings. The number of aromatic nitrogens is 3. The third-order valence-electron chi connectivity index (χ3n) is 3.83. The van der Waals surface area contributed by atoms with E-state index in [1.54, 1.807) is 18.4 Å². The first-order valence-corrected chi connectivity index (χ1v) is 7.75. The van der Waals surface area contributed by atoms with Gasteiger partial charge in [0, 0.05) is 32.1 Å². The number of fused-ring (bicyclic) bond motifs is 1. The number of aryl methyl sites for hydroxylation is 1. The summed E-state index contributed by atoms with van der Waals surface area (Å²) in [4.78, 5) is 11.6. The summed E-state index contributed by atoms with van der Waals surface area (Å²) in [5.41, 5.74) is 2.33. The van der Waals surface area contributed by atoms with Crippen LogP contribution in [0.15, 0.2) is 11.6 Å². The van der Waals surface area contributed by atoms with Gasteiger partial charge in [0.2, 0.25) is 0 Å². The quantitative estimate of drug-likeness (QED) is 0.868. The van der Waals surface area contributed by atoms with Gasteiger partial charge in [0.1, 0.15) is 5.82 Å². The molecule has 2 aromatic heterocycles. The second kappa shape index (κ2) is 5.63. The van der Waals surface area contributed by atoms with Gasteiger partial charge >= 0.3 is 0 Å². The van der Waals surface area contributed by atoms with Crippen molar-refractivity contribution in [2.75, 3.05) is 13.7 Å². The minimum Gasteiger partial charge on any atom is -0.378 e. The minimum absolute atomic E-state index is 0.316. The van der Waals surface area contributed by atoms with E-state index in [1.807, 2.05) is 6.20 Å². The van der Waals surface area contributed by atoms with Crippen LogP contribution in [0, 0.1) is 6.92 Å². The fourth-order valence-corrected chi connectivity index (χ4v) is 3.38. The Morgan fingerprint density at radius 1 is 1.45 bits per heavy atom. The molecule has 3 rings (SSSR count). The molecule has 0 aliphatic carbocycles. The van der Waals surface area contributed by atoms with E-state index in [4.69, 9.17) is 4.74 Å². The summed E-state index contributed by atoms with van der Waals surface area (Å²) in [5, 5.41) is 3.29. The second-order valence-electron chi connectivity index (χ2n) is 5.20. The van der Waals surface area contributed by atoms with Gasteiger partial charge < -0.3 is 9.30 Å². The van der Waals surface area contributed by atoms with Crippen molar-refractivity contribution in [2.45, 2.75) is 39.6 Å². The zero-order chi connectivity index (χ0) is 14.1. The smallest absolute Gasteiger partial charge is 0.126 e. The van der Waals surface area contributed by atoms with Gasteiger partial charge in [-0.05, 0) is 13.8 Å². The van der Waals surface area contributed by atoms with Crippen molar-refractivity contribution in [1.29, 1.82) is 0 Å². The first kappa shape index (κ1) is 13.7. The van der Waals surface area contributed by atoms with Gasteiger partial charge in [-0.1, -0.05) is 0 Å². The highest BCUT2D eigenvalue weighted by atomic mass is 32.1. The zero-order valence-electron chi connectivity index (χ0n) is 12.2. The van der Waals surface area contributed by atoms with E-state index in [-0.39, 0.29) is 0 Å². The lowest BCUT2D eigenvalue weighted by Crippen LogP contribution is -2.37. The average molecular weight is 292 g/mol. The normalized spacial score (nSPS) is 19.2. The maximum absolute atomic E-state index is 5.23. The average Bonchev–Trinajstić information content (AvgIpc) is 3.01. The Bertz CT molecular complexity index is 592. The molecule has 0 saturated heterocycles. The Kier molecular flexibility index (Phi) is 3.87. The van der Waals surface area contributed by atoms with Crippen molar-refractivity contribution in [3.05, 3.63) is 33.8 Å². The minimum atomic E-state index is 0.316. The fraction of sp³-hybridized carbons (Fsp3) is 0.571. The Morgan fingerprint density at radius 3 is 3.00 bits per heavy atom. The monoisotopic (exact) mass is 292 g/mol. The maximum atomic E-state index is 5.23. The lowest BCUT2D eigenvalue weighted by molar-refractivity contribution is 0.142. The Hall–Kier alpha value is -1.24. The number of hydrogen-bond acceptors (Lipinski definition) is 5.